The van der Waals surface area contributed by atoms with Crippen molar-refractivity contribution >= 4 is 57.2 Å². The maximum absolute atomic E-state index is 12.8. The van der Waals surface area contributed by atoms with Crippen LogP contribution in [0, 0.1) is 0 Å². The molecule has 0 saturated carbocycles. The van der Waals surface area contributed by atoms with Gasteiger partial charge in [-0.1, -0.05) is 23.2 Å². The predicted molar refractivity (Wildman–Crippen MR) is 121 cm³/mol. The normalized spacial score (nSPS) is 13.9. The molecule has 0 atom stereocenters. The maximum atomic E-state index is 12.8. The number of carbonyl (C=O) groups is 2. The molecule has 1 fully saturated rings. The topological polar surface area (TPSA) is 65.5 Å². The number of anilines is 2. The quantitative estimate of drug-likeness (QED) is 0.614. The van der Waals surface area contributed by atoms with E-state index in [-0.39, 0.29) is 11.8 Å². The summed E-state index contributed by atoms with van der Waals surface area (Å²) in [5, 5.41) is 6.05. The van der Waals surface area contributed by atoms with Gasteiger partial charge in [-0.2, -0.15) is 0 Å². The van der Waals surface area contributed by atoms with Gasteiger partial charge in [0.25, 0.3) is 11.8 Å². The minimum absolute atomic E-state index is 0.131. The van der Waals surface area contributed by atoms with Gasteiger partial charge in [-0.05, 0) is 48.5 Å². The molecule has 1 saturated heterocycles. The first-order valence-corrected chi connectivity index (χ1v) is 11.0. The summed E-state index contributed by atoms with van der Waals surface area (Å²) in [6.07, 6.45) is 0. The molecule has 0 unspecified atom stereocenters. The molecule has 1 aliphatic rings. The summed E-state index contributed by atoms with van der Waals surface area (Å²) in [6.45, 7) is 2.67. The molecule has 1 aromatic heterocycles. The Hall–Kier alpha value is -2.61. The van der Waals surface area contributed by atoms with Crippen molar-refractivity contribution in [3.8, 4) is 0 Å². The highest BCUT2D eigenvalue weighted by Crippen LogP contribution is 2.22. The molecular formula is C21H18Cl2N4O2S. The monoisotopic (exact) mass is 460 g/mol. The van der Waals surface area contributed by atoms with Gasteiger partial charge in [0.15, 0.2) is 5.13 Å². The lowest BCUT2D eigenvalue weighted by atomic mass is 10.2. The van der Waals surface area contributed by atoms with Crippen LogP contribution in [0.4, 0.5) is 10.8 Å². The van der Waals surface area contributed by atoms with Gasteiger partial charge in [-0.25, -0.2) is 4.98 Å². The highest BCUT2D eigenvalue weighted by Gasteiger charge is 2.24. The fourth-order valence-corrected chi connectivity index (χ4v) is 4.11. The summed E-state index contributed by atoms with van der Waals surface area (Å²) in [6, 6.07) is 14.3. The van der Waals surface area contributed by atoms with E-state index in [4.69, 9.17) is 23.2 Å². The summed E-state index contributed by atoms with van der Waals surface area (Å²) in [5.74, 6) is -0.425. The minimum Gasteiger partial charge on any atom is -0.368 e. The van der Waals surface area contributed by atoms with Crippen molar-refractivity contribution in [2.45, 2.75) is 0 Å². The maximum Gasteiger partial charge on any atom is 0.273 e. The van der Waals surface area contributed by atoms with Gasteiger partial charge < -0.3 is 9.80 Å². The Morgan fingerprint density at radius 1 is 0.900 bits per heavy atom. The number of thiazole rings is 1. The number of nitrogens with one attached hydrogen (secondary N) is 1. The predicted octanol–water partition coefficient (Wildman–Crippen LogP) is 4.66. The largest absolute Gasteiger partial charge is 0.368 e. The van der Waals surface area contributed by atoms with Crippen LogP contribution in [0.5, 0.6) is 0 Å². The summed E-state index contributed by atoms with van der Waals surface area (Å²) in [5.41, 5.74) is 1.90. The van der Waals surface area contributed by atoms with Crippen LogP contribution in [0.15, 0.2) is 53.9 Å². The van der Waals surface area contributed by atoms with E-state index in [0.717, 1.165) is 18.8 Å². The number of nitrogens with zero attached hydrogens (tertiary/aromatic N) is 3. The lowest BCUT2D eigenvalue weighted by Gasteiger charge is -2.35. The van der Waals surface area contributed by atoms with E-state index in [1.807, 2.05) is 24.3 Å². The number of aromatic nitrogens is 1. The second kappa shape index (κ2) is 9.04. The van der Waals surface area contributed by atoms with Crippen LogP contribution in [-0.2, 0) is 0 Å². The number of hydrogen-bond acceptors (Lipinski definition) is 5. The van der Waals surface area contributed by atoms with E-state index in [1.54, 1.807) is 34.5 Å². The average Bonchev–Trinajstić information content (AvgIpc) is 3.23. The Labute approximate surface area is 188 Å². The molecule has 0 spiro atoms. The van der Waals surface area contributed by atoms with Gasteiger partial charge in [0.05, 0.1) is 0 Å². The number of rotatable bonds is 4. The SMILES string of the molecule is O=C(Nc1nc(C(=O)N2CCN(c3ccc(Cl)cc3)CC2)cs1)c1ccc(Cl)cc1. The van der Waals surface area contributed by atoms with Crippen molar-refractivity contribution in [1.29, 1.82) is 0 Å². The van der Waals surface area contributed by atoms with Crippen molar-refractivity contribution in [1.82, 2.24) is 9.88 Å². The molecular weight excluding hydrogens is 443 g/mol. The number of hydrogen-bond donors (Lipinski definition) is 1. The first-order valence-electron chi connectivity index (χ1n) is 9.32. The molecule has 2 amide bonds. The fraction of sp³-hybridized carbons (Fsp3) is 0.190. The van der Waals surface area contributed by atoms with Crippen LogP contribution < -0.4 is 10.2 Å². The van der Waals surface area contributed by atoms with Crippen LogP contribution in [0.25, 0.3) is 0 Å². The molecule has 154 valence electrons. The zero-order valence-electron chi connectivity index (χ0n) is 15.8. The van der Waals surface area contributed by atoms with Crippen LogP contribution in [0.3, 0.4) is 0 Å². The number of benzene rings is 2. The Balaban J connectivity index is 1.34. The smallest absolute Gasteiger partial charge is 0.273 e. The third-order valence-corrected chi connectivity index (χ3v) is 6.07. The summed E-state index contributed by atoms with van der Waals surface area (Å²) in [7, 11) is 0. The molecule has 1 aliphatic heterocycles. The van der Waals surface area contributed by atoms with Crippen molar-refractivity contribution in [3.63, 3.8) is 0 Å². The van der Waals surface area contributed by atoms with E-state index in [0.29, 0.717) is 39.5 Å². The molecule has 1 N–H and O–H groups in total. The molecule has 0 bridgehead atoms. The molecule has 6 nitrogen and oxygen atoms in total. The van der Waals surface area contributed by atoms with Crippen molar-refractivity contribution < 1.29 is 9.59 Å². The molecule has 2 aromatic carbocycles. The van der Waals surface area contributed by atoms with E-state index in [2.05, 4.69) is 15.2 Å². The minimum atomic E-state index is -0.295. The summed E-state index contributed by atoms with van der Waals surface area (Å²) >= 11 is 13.0. The zero-order chi connectivity index (χ0) is 21.1. The standard InChI is InChI=1S/C21H18Cl2N4O2S/c22-15-3-1-14(2-4-15)19(28)25-21-24-18(13-30-21)20(29)27-11-9-26(10-12-27)17-7-5-16(23)6-8-17/h1-8,13H,9-12H2,(H,24,25,28). The molecule has 2 heterocycles. The van der Waals surface area contributed by atoms with E-state index in [1.165, 1.54) is 11.3 Å². The molecule has 30 heavy (non-hydrogen) atoms. The van der Waals surface area contributed by atoms with Gasteiger partial charge in [-0.3, -0.25) is 14.9 Å². The molecule has 3 aromatic rings. The average molecular weight is 461 g/mol. The lowest BCUT2D eigenvalue weighted by Crippen LogP contribution is -2.48. The summed E-state index contributed by atoms with van der Waals surface area (Å²) < 4.78 is 0. The van der Waals surface area contributed by atoms with Gasteiger partial charge >= 0.3 is 0 Å². The van der Waals surface area contributed by atoms with Crippen LogP contribution in [0.1, 0.15) is 20.8 Å². The lowest BCUT2D eigenvalue weighted by molar-refractivity contribution is 0.0741. The second-order valence-corrected chi connectivity index (χ2v) is 8.49. The van der Waals surface area contributed by atoms with Crippen LogP contribution in [0.2, 0.25) is 10.0 Å². The second-order valence-electron chi connectivity index (χ2n) is 6.75. The molecule has 0 aliphatic carbocycles. The number of carbonyl (C=O) groups excluding carboxylic acids is 2. The van der Waals surface area contributed by atoms with Gasteiger partial charge in [-0.15, -0.1) is 11.3 Å². The Kier molecular flexibility index (Phi) is 6.22. The third kappa shape index (κ3) is 4.75. The number of piperazine rings is 1. The first-order chi connectivity index (χ1) is 14.5. The Morgan fingerprint density at radius 2 is 1.50 bits per heavy atom. The van der Waals surface area contributed by atoms with Crippen molar-refractivity contribution in [3.05, 3.63) is 75.2 Å². The van der Waals surface area contributed by atoms with Crippen molar-refractivity contribution in [2.24, 2.45) is 0 Å². The van der Waals surface area contributed by atoms with Gasteiger partial charge in [0.2, 0.25) is 0 Å². The Bertz CT molecular complexity index is 1050. The Morgan fingerprint density at radius 3 is 2.13 bits per heavy atom. The van der Waals surface area contributed by atoms with Crippen molar-refractivity contribution in [2.75, 3.05) is 36.4 Å². The molecule has 9 heteroatoms. The van der Waals surface area contributed by atoms with Crippen LogP contribution in [-0.4, -0.2) is 47.9 Å². The zero-order valence-corrected chi connectivity index (χ0v) is 18.2. The number of halogens is 2. The molecule has 4 rings (SSSR count). The highest BCUT2D eigenvalue weighted by atomic mass is 35.5. The van der Waals surface area contributed by atoms with Gasteiger partial charge in [0, 0.05) is 52.9 Å². The summed E-state index contributed by atoms with van der Waals surface area (Å²) in [4.78, 5) is 33.4. The highest BCUT2D eigenvalue weighted by molar-refractivity contribution is 7.14. The van der Waals surface area contributed by atoms with Crippen LogP contribution >= 0.6 is 34.5 Å². The van der Waals surface area contributed by atoms with E-state index < -0.39 is 0 Å². The van der Waals surface area contributed by atoms with E-state index in [9.17, 15) is 9.59 Å². The van der Waals surface area contributed by atoms with Gasteiger partial charge in [0.1, 0.15) is 5.69 Å². The fourth-order valence-electron chi connectivity index (χ4n) is 3.18. The number of amides is 2. The third-order valence-electron chi connectivity index (χ3n) is 4.81. The van der Waals surface area contributed by atoms with E-state index >= 15 is 0 Å². The first kappa shape index (κ1) is 20.7. The molecule has 0 radical (unpaired) electrons.